The number of carbonyl (C=O) groups is 1. The largest absolute Gasteiger partial charge is 0.305 e. The van der Waals surface area contributed by atoms with Gasteiger partial charge in [-0.2, -0.15) is 10.4 Å². The maximum atomic E-state index is 12.2. The van der Waals surface area contributed by atoms with Gasteiger partial charge in [0.1, 0.15) is 0 Å². The monoisotopic (exact) mass is 370 g/mol. The first-order chi connectivity index (χ1) is 12.1. The van der Waals surface area contributed by atoms with Gasteiger partial charge < -0.3 is 5.32 Å². The fourth-order valence-corrected chi connectivity index (χ4v) is 2.80. The Morgan fingerprint density at radius 3 is 2.60 bits per heavy atom. The molecule has 0 bridgehead atoms. The van der Waals surface area contributed by atoms with Crippen LogP contribution >= 0.6 is 23.2 Å². The zero-order valence-corrected chi connectivity index (χ0v) is 14.4. The molecule has 0 fully saturated rings. The fraction of sp³-hybridized carbons (Fsp3) is 0.0556. The second-order valence-electron chi connectivity index (χ2n) is 5.25. The highest BCUT2D eigenvalue weighted by atomic mass is 35.5. The molecule has 3 rings (SSSR count). The SMILES string of the molecule is N#Cc1cccc(C(=O)Nc2ccn(Cc3c(Cl)cccc3Cl)n2)c1. The molecular formula is C18H12Cl2N4O. The number of rotatable bonds is 4. The fourth-order valence-electron chi connectivity index (χ4n) is 2.28. The second-order valence-corrected chi connectivity index (χ2v) is 6.06. The molecule has 0 atom stereocenters. The maximum absolute atomic E-state index is 12.2. The summed E-state index contributed by atoms with van der Waals surface area (Å²) >= 11 is 12.3. The van der Waals surface area contributed by atoms with Gasteiger partial charge in [-0.1, -0.05) is 35.3 Å². The van der Waals surface area contributed by atoms with Gasteiger partial charge in [-0.15, -0.1) is 0 Å². The number of nitrogens with one attached hydrogen (secondary N) is 1. The Morgan fingerprint density at radius 1 is 1.16 bits per heavy atom. The van der Waals surface area contributed by atoms with Crippen molar-refractivity contribution in [2.24, 2.45) is 0 Å². The molecule has 1 heterocycles. The Balaban J connectivity index is 1.73. The Hall–Kier alpha value is -2.81. The molecule has 25 heavy (non-hydrogen) atoms. The normalized spacial score (nSPS) is 10.3. The van der Waals surface area contributed by atoms with E-state index in [4.69, 9.17) is 28.5 Å². The summed E-state index contributed by atoms with van der Waals surface area (Å²) in [6.45, 7) is 0.387. The third kappa shape index (κ3) is 4.00. The molecule has 124 valence electrons. The van der Waals surface area contributed by atoms with E-state index in [-0.39, 0.29) is 5.91 Å². The van der Waals surface area contributed by atoms with Crippen LogP contribution in [-0.4, -0.2) is 15.7 Å². The molecule has 0 aliphatic heterocycles. The number of hydrogen-bond acceptors (Lipinski definition) is 3. The van der Waals surface area contributed by atoms with Crippen LogP contribution in [-0.2, 0) is 6.54 Å². The van der Waals surface area contributed by atoms with E-state index < -0.39 is 0 Å². The minimum Gasteiger partial charge on any atom is -0.305 e. The van der Waals surface area contributed by atoms with Crippen LogP contribution < -0.4 is 5.32 Å². The zero-order chi connectivity index (χ0) is 17.8. The van der Waals surface area contributed by atoms with Crippen LogP contribution in [0.3, 0.4) is 0 Å². The minimum atomic E-state index is -0.335. The molecule has 3 aromatic rings. The van der Waals surface area contributed by atoms with Gasteiger partial charge >= 0.3 is 0 Å². The molecule has 0 saturated carbocycles. The summed E-state index contributed by atoms with van der Waals surface area (Å²) in [5, 5.41) is 17.0. The Morgan fingerprint density at radius 2 is 1.88 bits per heavy atom. The standard InChI is InChI=1S/C18H12Cl2N4O/c19-15-5-2-6-16(20)14(15)11-24-8-7-17(23-24)22-18(25)13-4-1-3-12(9-13)10-21/h1-9H,11H2,(H,22,23,25). The Kier molecular flexibility index (Phi) is 5.03. The topological polar surface area (TPSA) is 70.7 Å². The highest BCUT2D eigenvalue weighted by Crippen LogP contribution is 2.25. The van der Waals surface area contributed by atoms with Gasteiger partial charge in [0.05, 0.1) is 18.2 Å². The summed E-state index contributed by atoms with van der Waals surface area (Å²) in [6.07, 6.45) is 1.72. The van der Waals surface area contributed by atoms with E-state index in [2.05, 4.69) is 10.4 Å². The van der Waals surface area contributed by atoms with Crippen LogP contribution in [0.1, 0.15) is 21.5 Å². The number of benzene rings is 2. The van der Waals surface area contributed by atoms with Gasteiger partial charge in [-0.25, -0.2) is 0 Å². The van der Waals surface area contributed by atoms with Crippen LogP contribution in [0.5, 0.6) is 0 Å². The van der Waals surface area contributed by atoms with Gasteiger partial charge in [0, 0.05) is 33.4 Å². The van der Waals surface area contributed by atoms with Crippen molar-refractivity contribution in [2.45, 2.75) is 6.54 Å². The van der Waals surface area contributed by atoms with Crippen molar-refractivity contribution in [3.63, 3.8) is 0 Å². The Bertz CT molecular complexity index is 955. The second kappa shape index (κ2) is 7.39. The quantitative estimate of drug-likeness (QED) is 0.741. The lowest BCUT2D eigenvalue weighted by atomic mass is 10.1. The third-order valence-electron chi connectivity index (χ3n) is 3.52. The molecule has 0 saturated heterocycles. The maximum Gasteiger partial charge on any atom is 0.256 e. The average molecular weight is 371 g/mol. The zero-order valence-electron chi connectivity index (χ0n) is 12.9. The van der Waals surface area contributed by atoms with Crippen molar-refractivity contribution >= 4 is 34.9 Å². The third-order valence-corrected chi connectivity index (χ3v) is 4.23. The molecule has 0 aliphatic rings. The highest BCUT2D eigenvalue weighted by molar-refractivity contribution is 6.35. The van der Waals surface area contributed by atoms with E-state index in [0.717, 1.165) is 5.56 Å². The van der Waals surface area contributed by atoms with E-state index in [1.807, 2.05) is 6.07 Å². The van der Waals surface area contributed by atoms with E-state index in [1.165, 1.54) is 6.07 Å². The molecule has 0 radical (unpaired) electrons. The molecule has 7 heteroatoms. The van der Waals surface area contributed by atoms with Gasteiger partial charge in [0.2, 0.25) is 0 Å². The van der Waals surface area contributed by atoms with Crippen LogP contribution in [0.4, 0.5) is 5.82 Å². The van der Waals surface area contributed by atoms with Gasteiger partial charge in [0.25, 0.3) is 5.91 Å². The van der Waals surface area contributed by atoms with Gasteiger partial charge in [-0.05, 0) is 30.3 Å². The Labute approximate surface area is 154 Å². The van der Waals surface area contributed by atoms with Crippen molar-refractivity contribution in [1.29, 1.82) is 5.26 Å². The molecule has 2 aromatic carbocycles. The minimum absolute atomic E-state index is 0.335. The van der Waals surface area contributed by atoms with Crippen LogP contribution in [0, 0.1) is 11.3 Å². The summed E-state index contributed by atoms with van der Waals surface area (Å²) in [5.74, 6) is 0.0636. The smallest absolute Gasteiger partial charge is 0.256 e. The lowest BCUT2D eigenvalue weighted by Crippen LogP contribution is -2.13. The molecule has 0 unspecified atom stereocenters. The van der Waals surface area contributed by atoms with Crippen molar-refractivity contribution in [3.8, 4) is 6.07 Å². The summed E-state index contributed by atoms with van der Waals surface area (Å²) in [4.78, 5) is 12.2. The first-order valence-electron chi connectivity index (χ1n) is 7.34. The molecule has 1 amide bonds. The molecule has 1 aromatic heterocycles. The van der Waals surface area contributed by atoms with Gasteiger partial charge in [-0.3, -0.25) is 9.48 Å². The van der Waals surface area contributed by atoms with E-state index in [1.54, 1.807) is 53.3 Å². The summed E-state index contributed by atoms with van der Waals surface area (Å²) in [7, 11) is 0. The first-order valence-corrected chi connectivity index (χ1v) is 8.10. The molecular weight excluding hydrogens is 359 g/mol. The number of anilines is 1. The van der Waals surface area contributed by atoms with Gasteiger partial charge in [0.15, 0.2) is 5.82 Å². The van der Waals surface area contributed by atoms with E-state index in [0.29, 0.717) is 33.5 Å². The number of carbonyl (C=O) groups excluding carboxylic acids is 1. The van der Waals surface area contributed by atoms with Crippen LogP contribution in [0.15, 0.2) is 54.7 Å². The van der Waals surface area contributed by atoms with Crippen molar-refractivity contribution in [1.82, 2.24) is 9.78 Å². The summed E-state index contributed by atoms with van der Waals surface area (Å²) < 4.78 is 1.63. The van der Waals surface area contributed by atoms with E-state index in [9.17, 15) is 4.79 Å². The van der Waals surface area contributed by atoms with Crippen molar-refractivity contribution in [3.05, 3.63) is 81.5 Å². The summed E-state index contributed by atoms with van der Waals surface area (Å²) in [6, 6.07) is 15.4. The van der Waals surface area contributed by atoms with Crippen LogP contribution in [0.2, 0.25) is 10.0 Å². The highest BCUT2D eigenvalue weighted by Gasteiger charge is 2.10. The predicted molar refractivity (Wildman–Crippen MR) is 96.9 cm³/mol. The molecule has 0 spiro atoms. The number of hydrogen-bond donors (Lipinski definition) is 1. The first kappa shape index (κ1) is 17.0. The van der Waals surface area contributed by atoms with E-state index >= 15 is 0 Å². The lowest BCUT2D eigenvalue weighted by Gasteiger charge is -2.07. The number of halogens is 2. The molecule has 0 aliphatic carbocycles. The lowest BCUT2D eigenvalue weighted by molar-refractivity contribution is 0.102. The number of nitriles is 1. The number of amides is 1. The number of aromatic nitrogens is 2. The molecule has 1 N–H and O–H groups in total. The average Bonchev–Trinajstić information content (AvgIpc) is 3.05. The van der Waals surface area contributed by atoms with Crippen molar-refractivity contribution in [2.75, 3.05) is 5.32 Å². The summed E-state index contributed by atoms with van der Waals surface area (Å²) in [5.41, 5.74) is 1.57. The van der Waals surface area contributed by atoms with Crippen molar-refractivity contribution < 1.29 is 4.79 Å². The molecule has 5 nitrogen and oxygen atoms in total. The van der Waals surface area contributed by atoms with Crippen LogP contribution in [0.25, 0.3) is 0 Å². The predicted octanol–water partition coefficient (Wildman–Crippen LogP) is 4.36. The number of nitrogens with zero attached hydrogens (tertiary/aromatic N) is 3.